The Morgan fingerprint density at radius 1 is 1.29 bits per heavy atom. The molecule has 0 aliphatic carbocycles. The number of imidazole rings is 1. The third-order valence-electron chi connectivity index (χ3n) is 6.39. The van der Waals surface area contributed by atoms with E-state index in [1.54, 1.807) is 11.0 Å². The predicted octanol–water partition coefficient (Wildman–Crippen LogP) is 1.03. The largest absolute Gasteiger partial charge is 0.354 e. The van der Waals surface area contributed by atoms with Gasteiger partial charge in [-0.2, -0.15) is 5.10 Å². The van der Waals surface area contributed by atoms with Gasteiger partial charge < -0.3 is 15.2 Å². The maximum Gasteiger partial charge on any atom is 0.244 e. The first-order valence-electron chi connectivity index (χ1n) is 11.1. The van der Waals surface area contributed by atoms with Gasteiger partial charge in [-0.05, 0) is 38.7 Å². The monoisotopic (exact) mass is 427 g/mol. The number of hydrogen-bond donors (Lipinski definition) is 3. The molecule has 0 aromatic carbocycles. The molecule has 168 valence electrons. The smallest absolute Gasteiger partial charge is 0.244 e. The molecule has 0 radical (unpaired) electrons. The van der Waals surface area contributed by atoms with Crippen LogP contribution in [-0.4, -0.2) is 62.1 Å². The zero-order valence-corrected chi connectivity index (χ0v) is 18.9. The quantitative estimate of drug-likeness (QED) is 0.661. The van der Waals surface area contributed by atoms with E-state index in [2.05, 4.69) is 39.5 Å². The van der Waals surface area contributed by atoms with Gasteiger partial charge in [0.15, 0.2) is 0 Å². The number of nitrogens with zero attached hydrogens (tertiary/aromatic N) is 4. The van der Waals surface area contributed by atoms with E-state index in [0.29, 0.717) is 32.0 Å². The number of rotatable bonds is 5. The summed E-state index contributed by atoms with van der Waals surface area (Å²) < 4.78 is 1.77. The van der Waals surface area contributed by atoms with Gasteiger partial charge in [0.25, 0.3) is 0 Å². The van der Waals surface area contributed by atoms with Crippen LogP contribution in [0.3, 0.4) is 0 Å². The van der Waals surface area contributed by atoms with Crippen LogP contribution in [0.25, 0.3) is 0 Å². The van der Waals surface area contributed by atoms with Gasteiger partial charge in [0, 0.05) is 37.4 Å². The van der Waals surface area contributed by atoms with Crippen molar-refractivity contribution in [2.45, 2.75) is 65.1 Å². The van der Waals surface area contributed by atoms with E-state index >= 15 is 0 Å². The van der Waals surface area contributed by atoms with Crippen molar-refractivity contribution in [3.8, 4) is 0 Å². The van der Waals surface area contributed by atoms with Crippen molar-refractivity contribution in [1.29, 1.82) is 0 Å². The molecule has 2 aliphatic rings. The van der Waals surface area contributed by atoms with E-state index in [0.717, 1.165) is 35.6 Å². The summed E-state index contributed by atoms with van der Waals surface area (Å²) in [5.74, 6) is 0.502. The summed E-state index contributed by atoms with van der Waals surface area (Å²) in [5, 5.41) is 11.1. The molecular formula is C22H33N7O2. The molecule has 4 rings (SSSR count). The summed E-state index contributed by atoms with van der Waals surface area (Å²) >= 11 is 0. The lowest BCUT2D eigenvalue weighted by atomic mass is 9.78. The average Bonchev–Trinajstić information content (AvgIpc) is 3.33. The third-order valence-corrected chi connectivity index (χ3v) is 6.39. The van der Waals surface area contributed by atoms with E-state index in [1.807, 2.05) is 24.8 Å². The Kier molecular flexibility index (Phi) is 5.88. The van der Waals surface area contributed by atoms with Crippen molar-refractivity contribution < 1.29 is 9.59 Å². The molecule has 9 nitrogen and oxygen atoms in total. The molecule has 4 heterocycles. The highest BCUT2D eigenvalue weighted by molar-refractivity contribution is 5.82. The van der Waals surface area contributed by atoms with Gasteiger partial charge in [-0.3, -0.25) is 19.6 Å². The number of fused-ring (bicyclic) bond motifs is 2. The molecule has 1 saturated heterocycles. The van der Waals surface area contributed by atoms with E-state index in [4.69, 9.17) is 0 Å². The van der Waals surface area contributed by atoms with Gasteiger partial charge in [0.2, 0.25) is 11.8 Å². The second-order valence-electron chi connectivity index (χ2n) is 9.32. The normalized spacial score (nSPS) is 20.2. The zero-order valence-electron chi connectivity index (χ0n) is 18.9. The summed E-state index contributed by atoms with van der Waals surface area (Å²) in [6, 6.07) is 1.68. The molecule has 31 heavy (non-hydrogen) atoms. The van der Waals surface area contributed by atoms with Crippen LogP contribution in [0.2, 0.25) is 0 Å². The molecule has 2 aliphatic heterocycles. The lowest BCUT2D eigenvalue weighted by Crippen LogP contribution is -2.62. The fourth-order valence-corrected chi connectivity index (χ4v) is 4.71. The Morgan fingerprint density at radius 2 is 2.03 bits per heavy atom. The molecule has 2 aromatic rings. The van der Waals surface area contributed by atoms with Crippen LogP contribution in [0.5, 0.6) is 0 Å². The SMILES string of the molecule is Cc1cc(C)n(CC(=O)N2CCC3(CC2)N[C@H](C(=O)NCC(C)C)Cc2[nH]cnc23)n1. The van der Waals surface area contributed by atoms with E-state index in [-0.39, 0.29) is 29.9 Å². The van der Waals surface area contributed by atoms with Crippen molar-refractivity contribution in [2.75, 3.05) is 19.6 Å². The Labute approximate surface area is 183 Å². The number of carbonyl (C=O) groups excluding carboxylic acids is 2. The van der Waals surface area contributed by atoms with Crippen molar-refractivity contribution in [1.82, 2.24) is 35.3 Å². The summed E-state index contributed by atoms with van der Waals surface area (Å²) in [6.45, 7) is 10.2. The minimum Gasteiger partial charge on any atom is -0.354 e. The van der Waals surface area contributed by atoms with Gasteiger partial charge in [-0.15, -0.1) is 0 Å². The third kappa shape index (κ3) is 4.37. The lowest BCUT2D eigenvalue weighted by Gasteiger charge is -2.46. The van der Waals surface area contributed by atoms with Gasteiger partial charge in [-0.25, -0.2) is 4.98 Å². The molecule has 1 spiro atoms. The van der Waals surface area contributed by atoms with Crippen LogP contribution >= 0.6 is 0 Å². The molecule has 1 fully saturated rings. The summed E-state index contributed by atoms with van der Waals surface area (Å²) in [5.41, 5.74) is 3.53. The predicted molar refractivity (Wildman–Crippen MR) is 116 cm³/mol. The van der Waals surface area contributed by atoms with Crippen LogP contribution in [0.4, 0.5) is 0 Å². The fraction of sp³-hybridized carbons (Fsp3) is 0.636. The highest BCUT2D eigenvalue weighted by Gasteiger charge is 2.46. The molecule has 3 N–H and O–H groups in total. The van der Waals surface area contributed by atoms with Crippen LogP contribution < -0.4 is 10.6 Å². The van der Waals surface area contributed by atoms with Gasteiger partial charge in [-0.1, -0.05) is 13.8 Å². The summed E-state index contributed by atoms with van der Waals surface area (Å²) in [6.07, 6.45) is 3.76. The number of nitrogens with one attached hydrogen (secondary N) is 3. The minimum atomic E-state index is -0.387. The number of likely N-dealkylation sites (tertiary alicyclic amines) is 1. The fourth-order valence-electron chi connectivity index (χ4n) is 4.71. The Hall–Kier alpha value is -2.68. The first-order valence-corrected chi connectivity index (χ1v) is 11.1. The molecule has 9 heteroatoms. The van der Waals surface area contributed by atoms with E-state index in [9.17, 15) is 9.59 Å². The number of aromatic nitrogens is 4. The number of hydrogen-bond acceptors (Lipinski definition) is 5. The maximum atomic E-state index is 12.9. The standard InChI is InChI=1S/C22H33N7O2/c1-14(2)11-23-21(31)18-10-17-20(25-13-24-17)22(26-18)5-7-28(8-6-22)19(30)12-29-16(4)9-15(3)27-29/h9,13-14,18,26H,5-8,10-12H2,1-4H3,(H,23,31)(H,24,25)/t18-/m0/s1. The number of aromatic amines is 1. The number of piperidine rings is 1. The lowest BCUT2D eigenvalue weighted by molar-refractivity contribution is -0.134. The van der Waals surface area contributed by atoms with Gasteiger partial charge in [0.05, 0.1) is 29.3 Å². The molecule has 0 saturated carbocycles. The van der Waals surface area contributed by atoms with Crippen LogP contribution in [0.15, 0.2) is 12.4 Å². The summed E-state index contributed by atoms with van der Waals surface area (Å²) in [4.78, 5) is 35.4. The van der Waals surface area contributed by atoms with E-state index in [1.165, 1.54) is 0 Å². The molecule has 2 aromatic heterocycles. The number of aryl methyl sites for hydroxylation is 2. The first kappa shape index (κ1) is 21.5. The Bertz CT molecular complexity index is 953. The Balaban J connectivity index is 1.44. The Morgan fingerprint density at radius 3 is 2.68 bits per heavy atom. The zero-order chi connectivity index (χ0) is 22.2. The molecular weight excluding hydrogens is 394 g/mol. The highest BCUT2D eigenvalue weighted by atomic mass is 16.2. The second-order valence-corrected chi connectivity index (χ2v) is 9.32. The maximum absolute atomic E-state index is 12.9. The summed E-state index contributed by atoms with van der Waals surface area (Å²) in [7, 11) is 0. The highest BCUT2D eigenvalue weighted by Crippen LogP contribution is 2.37. The number of carbonyl (C=O) groups is 2. The molecule has 1 atom stereocenters. The average molecular weight is 428 g/mol. The van der Waals surface area contributed by atoms with Gasteiger partial charge in [0.1, 0.15) is 6.54 Å². The molecule has 0 bridgehead atoms. The second kappa shape index (κ2) is 8.45. The van der Waals surface area contributed by atoms with Crippen molar-refractivity contribution in [3.63, 3.8) is 0 Å². The van der Waals surface area contributed by atoms with Gasteiger partial charge >= 0.3 is 0 Å². The van der Waals surface area contributed by atoms with Crippen LogP contribution in [-0.2, 0) is 28.1 Å². The number of H-pyrrole nitrogens is 1. The van der Waals surface area contributed by atoms with Crippen LogP contribution in [0.1, 0.15) is 49.5 Å². The van der Waals surface area contributed by atoms with Crippen molar-refractivity contribution >= 4 is 11.8 Å². The van der Waals surface area contributed by atoms with E-state index < -0.39 is 0 Å². The van der Waals surface area contributed by atoms with Crippen molar-refractivity contribution in [2.24, 2.45) is 5.92 Å². The van der Waals surface area contributed by atoms with Crippen molar-refractivity contribution in [3.05, 3.63) is 35.2 Å². The topological polar surface area (TPSA) is 108 Å². The number of amides is 2. The van der Waals surface area contributed by atoms with Crippen LogP contribution in [0, 0.1) is 19.8 Å². The molecule has 2 amide bonds. The molecule has 0 unspecified atom stereocenters. The minimum absolute atomic E-state index is 0.0244. The first-order chi connectivity index (χ1) is 14.8.